The van der Waals surface area contributed by atoms with Gasteiger partial charge in [-0.15, -0.1) is 0 Å². The van der Waals surface area contributed by atoms with Gasteiger partial charge in [0.1, 0.15) is 41.5 Å². The minimum absolute atomic E-state index is 0.0178. The van der Waals surface area contributed by atoms with Gasteiger partial charge in [-0.25, -0.2) is 17.6 Å². The molecule has 4 fully saturated rings. The van der Waals surface area contributed by atoms with Crippen LogP contribution in [0.5, 0.6) is 11.8 Å². The Hall–Kier alpha value is -4.17. The number of nitriles is 1. The van der Waals surface area contributed by atoms with E-state index in [9.17, 15) is 19.1 Å². The van der Waals surface area contributed by atoms with Crippen LogP contribution >= 0.6 is 0 Å². The molecule has 0 radical (unpaired) electrons. The zero-order valence-corrected chi connectivity index (χ0v) is 26.1. The number of alkyl halides is 1. The van der Waals surface area contributed by atoms with Crippen molar-refractivity contribution in [1.29, 1.82) is 5.26 Å². The third-order valence-corrected chi connectivity index (χ3v) is 11.1. The quantitative estimate of drug-likeness (QED) is 0.225. The topological polar surface area (TPSA) is 85.5 Å². The van der Waals surface area contributed by atoms with Crippen molar-refractivity contribution in [2.45, 2.75) is 57.2 Å². The predicted octanol–water partition coefficient (Wildman–Crippen LogP) is 7.08. The highest BCUT2D eigenvalue weighted by molar-refractivity contribution is 6.03. The molecule has 1 N–H and O–H groups in total. The molecule has 244 valence electrons. The summed E-state index contributed by atoms with van der Waals surface area (Å²) in [6.45, 7) is 4.02. The first-order valence-electron chi connectivity index (χ1n) is 16.5. The lowest BCUT2D eigenvalue weighted by Gasteiger charge is -2.36. The molecule has 3 aliphatic heterocycles. The SMILES string of the molecule is CCc1c(F)ccc2cc(O)cc(-c3c(F)cc4c(N5C[C@H]6CC[C@@H](C5)C6C#N)nc(OC[C@@]56CCCN5C[C@H](F)C6)nc4c3F)c12. The molecule has 1 aromatic heterocycles. The van der Waals surface area contributed by atoms with Crippen LogP contribution in [0.3, 0.4) is 0 Å². The average molecular weight is 646 g/mol. The van der Waals surface area contributed by atoms with Gasteiger partial charge in [0.2, 0.25) is 0 Å². The van der Waals surface area contributed by atoms with Gasteiger partial charge in [0.05, 0.1) is 23.1 Å². The molecule has 4 aliphatic rings. The minimum atomic E-state index is -0.980. The van der Waals surface area contributed by atoms with E-state index in [1.54, 1.807) is 6.92 Å². The Balaban J connectivity index is 1.30. The van der Waals surface area contributed by atoms with Crippen LogP contribution in [-0.2, 0) is 6.42 Å². The highest BCUT2D eigenvalue weighted by Crippen LogP contribution is 2.46. The number of aryl methyl sites for hydroxylation is 1. The number of halogens is 4. The van der Waals surface area contributed by atoms with Gasteiger partial charge < -0.3 is 14.7 Å². The van der Waals surface area contributed by atoms with E-state index in [2.05, 4.69) is 16.0 Å². The monoisotopic (exact) mass is 645 g/mol. The van der Waals surface area contributed by atoms with Gasteiger partial charge in [-0.1, -0.05) is 13.0 Å². The molecule has 8 rings (SSSR count). The Labute approximate surface area is 269 Å². The minimum Gasteiger partial charge on any atom is -0.508 e. The number of fused-ring (bicyclic) bond motifs is 5. The zero-order valence-electron chi connectivity index (χ0n) is 26.1. The Morgan fingerprint density at radius 3 is 2.60 bits per heavy atom. The normalized spacial score (nSPS) is 27.1. The Morgan fingerprint density at radius 1 is 1.06 bits per heavy atom. The summed E-state index contributed by atoms with van der Waals surface area (Å²) in [6.07, 6.45) is 3.12. The fourth-order valence-corrected chi connectivity index (χ4v) is 9.01. The van der Waals surface area contributed by atoms with Crippen LogP contribution in [0.25, 0.3) is 32.8 Å². The fourth-order valence-electron chi connectivity index (χ4n) is 9.01. The molecule has 1 aliphatic carbocycles. The van der Waals surface area contributed by atoms with Crippen molar-refractivity contribution < 1.29 is 27.4 Å². The number of piperidine rings is 1. The number of phenolic OH excluding ortho intramolecular Hbond substituents is 1. The molecular formula is C36H35F4N5O2. The average Bonchev–Trinajstić information content (AvgIpc) is 3.66. The number of rotatable bonds is 6. The molecule has 0 amide bonds. The second-order valence-electron chi connectivity index (χ2n) is 13.8. The fraction of sp³-hybridized carbons (Fsp3) is 0.472. The van der Waals surface area contributed by atoms with Gasteiger partial charge in [0, 0.05) is 31.4 Å². The highest BCUT2D eigenvalue weighted by atomic mass is 19.1. The second kappa shape index (κ2) is 11.2. The first-order valence-corrected chi connectivity index (χ1v) is 16.5. The van der Waals surface area contributed by atoms with E-state index < -0.39 is 34.7 Å². The lowest BCUT2D eigenvalue weighted by Crippen LogP contribution is -2.44. The van der Waals surface area contributed by atoms with Crippen molar-refractivity contribution >= 4 is 27.5 Å². The maximum atomic E-state index is 16.9. The smallest absolute Gasteiger partial charge is 0.319 e. The van der Waals surface area contributed by atoms with Gasteiger partial charge >= 0.3 is 6.01 Å². The van der Waals surface area contributed by atoms with Crippen molar-refractivity contribution in [3.8, 4) is 29.0 Å². The number of hydrogen-bond donors (Lipinski definition) is 1. The van der Waals surface area contributed by atoms with Crippen LogP contribution < -0.4 is 9.64 Å². The molecule has 4 heterocycles. The lowest BCUT2D eigenvalue weighted by atomic mass is 9.86. The molecule has 1 saturated carbocycles. The third-order valence-electron chi connectivity index (χ3n) is 11.1. The molecule has 2 bridgehead atoms. The molecule has 11 heteroatoms. The maximum Gasteiger partial charge on any atom is 0.319 e. The number of aromatic nitrogens is 2. The van der Waals surface area contributed by atoms with Gasteiger partial charge in [-0.05, 0) is 96.6 Å². The number of anilines is 1. The van der Waals surface area contributed by atoms with E-state index in [4.69, 9.17) is 9.72 Å². The van der Waals surface area contributed by atoms with E-state index in [0.29, 0.717) is 42.6 Å². The van der Waals surface area contributed by atoms with Crippen LogP contribution in [0.2, 0.25) is 0 Å². The van der Waals surface area contributed by atoms with Gasteiger partial charge in [-0.2, -0.15) is 15.2 Å². The number of hydrogen-bond acceptors (Lipinski definition) is 7. The number of benzene rings is 3. The molecule has 3 saturated heterocycles. The van der Waals surface area contributed by atoms with Crippen molar-refractivity contribution in [3.63, 3.8) is 0 Å². The van der Waals surface area contributed by atoms with Crippen molar-refractivity contribution in [1.82, 2.24) is 14.9 Å². The summed E-state index contributed by atoms with van der Waals surface area (Å²) < 4.78 is 69.0. The summed E-state index contributed by atoms with van der Waals surface area (Å²) in [4.78, 5) is 13.3. The number of nitrogens with zero attached hydrogens (tertiary/aromatic N) is 5. The van der Waals surface area contributed by atoms with E-state index in [-0.39, 0.29) is 64.6 Å². The standard InChI is InChI=1S/C36H35F4N5O2/c1-2-24-28(38)7-6-19-10-23(46)11-25(30(19)24)31-29(39)12-26-33(32(31)40)42-35(47-18-36-8-3-9-45(36)17-22(37)13-36)43-34(26)44-15-20-4-5-21(16-44)27(20)14-41/h6-7,10-12,20-22,27,46H,2-5,8-9,13,15-18H2,1H3/t20-,21+,22-,27?,36+/m1/s1. The van der Waals surface area contributed by atoms with Gasteiger partial charge in [-0.3, -0.25) is 4.90 Å². The summed E-state index contributed by atoms with van der Waals surface area (Å²) in [7, 11) is 0. The summed E-state index contributed by atoms with van der Waals surface area (Å²) in [5.41, 5.74) is -0.797. The first kappa shape index (κ1) is 30.2. The number of aromatic hydroxyl groups is 1. The molecule has 3 aromatic carbocycles. The highest BCUT2D eigenvalue weighted by Gasteiger charge is 2.49. The number of ether oxygens (including phenoxy) is 1. The van der Waals surface area contributed by atoms with Crippen molar-refractivity contribution in [2.24, 2.45) is 17.8 Å². The Morgan fingerprint density at radius 2 is 1.85 bits per heavy atom. The molecule has 47 heavy (non-hydrogen) atoms. The third kappa shape index (κ3) is 4.78. The van der Waals surface area contributed by atoms with Crippen LogP contribution in [0.4, 0.5) is 23.4 Å². The maximum absolute atomic E-state index is 16.9. The second-order valence-corrected chi connectivity index (χ2v) is 13.8. The van der Waals surface area contributed by atoms with E-state index in [0.717, 1.165) is 32.2 Å². The molecule has 5 atom stereocenters. The van der Waals surface area contributed by atoms with Gasteiger partial charge in [0.15, 0.2) is 5.82 Å². The van der Waals surface area contributed by atoms with E-state index in [1.807, 2.05) is 4.90 Å². The molecule has 4 aromatic rings. The van der Waals surface area contributed by atoms with Crippen LogP contribution in [0.15, 0.2) is 30.3 Å². The summed E-state index contributed by atoms with van der Waals surface area (Å²) in [6, 6.07) is 9.01. The van der Waals surface area contributed by atoms with E-state index in [1.165, 1.54) is 30.3 Å². The molecule has 7 nitrogen and oxygen atoms in total. The Kier molecular flexibility index (Phi) is 7.21. The lowest BCUT2D eigenvalue weighted by molar-refractivity contribution is 0.107. The summed E-state index contributed by atoms with van der Waals surface area (Å²) >= 11 is 0. The van der Waals surface area contributed by atoms with Crippen LogP contribution in [-0.4, -0.2) is 64.5 Å². The largest absolute Gasteiger partial charge is 0.508 e. The van der Waals surface area contributed by atoms with Crippen molar-refractivity contribution in [2.75, 3.05) is 37.7 Å². The molecule has 1 unspecified atom stereocenters. The van der Waals surface area contributed by atoms with Crippen LogP contribution in [0.1, 0.15) is 44.6 Å². The van der Waals surface area contributed by atoms with Crippen LogP contribution in [0, 0.1) is 46.5 Å². The van der Waals surface area contributed by atoms with E-state index >= 15 is 8.78 Å². The number of phenols is 1. The predicted molar refractivity (Wildman–Crippen MR) is 169 cm³/mol. The summed E-state index contributed by atoms with van der Waals surface area (Å²) in [5, 5.41) is 21.3. The molecular weight excluding hydrogens is 610 g/mol. The summed E-state index contributed by atoms with van der Waals surface area (Å²) in [5.74, 6) is -2.15. The first-order chi connectivity index (χ1) is 22.7. The Bertz CT molecular complexity index is 1950. The van der Waals surface area contributed by atoms with Crippen molar-refractivity contribution in [3.05, 3.63) is 53.3 Å². The molecule has 0 spiro atoms. The van der Waals surface area contributed by atoms with Gasteiger partial charge in [0.25, 0.3) is 0 Å². The zero-order chi connectivity index (χ0) is 32.6.